The Labute approximate surface area is 104 Å². The minimum Gasteiger partial charge on any atom is -0.340 e. The van der Waals surface area contributed by atoms with Crippen LogP contribution in [0.2, 0.25) is 5.02 Å². The molecule has 1 heterocycles. The Morgan fingerprint density at radius 2 is 2.00 bits per heavy atom. The number of anilines is 1. The van der Waals surface area contributed by atoms with Crippen LogP contribution in [0.25, 0.3) is 0 Å². The van der Waals surface area contributed by atoms with E-state index in [9.17, 15) is 4.39 Å². The molecule has 2 rings (SSSR count). The monoisotopic (exact) mass is 251 g/mol. The Balaban J connectivity index is 2.13. The maximum Gasteiger partial charge on any atom is 0.225 e. The first kappa shape index (κ1) is 11.8. The van der Waals surface area contributed by atoms with Crippen molar-refractivity contribution in [2.45, 2.75) is 6.54 Å². The maximum atomic E-state index is 13.3. The van der Waals surface area contributed by atoms with Crippen LogP contribution in [0.3, 0.4) is 0 Å². The standard InChI is InChI=1S/C12H11ClFN3/c1-17(12-15-5-2-6-16-12)8-9-3-4-10(13)11(14)7-9/h2-7H,8H2,1H3. The van der Waals surface area contributed by atoms with Gasteiger partial charge < -0.3 is 4.90 Å². The molecular weight excluding hydrogens is 241 g/mol. The Morgan fingerprint density at radius 3 is 2.65 bits per heavy atom. The first-order valence-electron chi connectivity index (χ1n) is 5.09. The number of hydrogen-bond acceptors (Lipinski definition) is 3. The summed E-state index contributed by atoms with van der Waals surface area (Å²) in [5.74, 6) is 0.189. The molecule has 0 saturated heterocycles. The van der Waals surface area contributed by atoms with E-state index in [4.69, 9.17) is 11.6 Å². The summed E-state index contributed by atoms with van der Waals surface area (Å²) in [6.45, 7) is 0.526. The highest BCUT2D eigenvalue weighted by Gasteiger charge is 2.06. The smallest absolute Gasteiger partial charge is 0.225 e. The second-order valence-corrected chi connectivity index (χ2v) is 4.06. The molecular formula is C12H11ClFN3. The van der Waals surface area contributed by atoms with Crippen LogP contribution in [0, 0.1) is 5.82 Å². The molecule has 88 valence electrons. The quantitative estimate of drug-likeness (QED) is 0.840. The molecule has 0 N–H and O–H groups in total. The van der Waals surface area contributed by atoms with E-state index in [1.165, 1.54) is 6.07 Å². The van der Waals surface area contributed by atoms with Crippen molar-refractivity contribution < 1.29 is 4.39 Å². The summed E-state index contributed by atoms with van der Waals surface area (Å²) in [5.41, 5.74) is 0.821. The molecule has 1 aromatic heterocycles. The van der Waals surface area contributed by atoms with Gasteiger partial charge in [0.05, 0.1) is 5.02 Å². The first-order chi connectivity index (χ1) is 8.16. The normalized spacial score (nSPS) is 10.3. The van der Waals surface area contributed by atoms with Crippen LogP contribution < -0.4 is 4.90 Å². The number of halogens is 2. The summed E-state index contributed by atoms with van der Waals surface area (Å²) >= 11 is 5.62. The summed E-state index contributed by atoms with van der Waals surface area (Å²) < 4.78 is 13.3. The fourth-order valence-corrected chi connectivity index (χ4v) is 1.59. The van der Waals surface area contributed by atoms with E-state index in [2.05, 4.69) is 9.97 Å². The van der Waals surface area contributed by atoms with Gasteiger partial charge in [-0.2, -0.15) is 0 Å². The van der Waals surface area contributed by atoms with Crippen molar-refractivity contribution in [2.24, 2.45) is 0 Å². The molecule has 0 bridgehead atoms. The fraction of sp³-hybridized carbons (Fsp3) is 0.167. The van der Waals surface area contributed by atoms with Crippen LogP contribution >= 0.6 is 11.6 Å². The van der Waals surface area contributed by atoms with E-state index in [0.717, 1.165) is 5.56 Å². The number of hydrogen-bond donors (Lipinski definition) is 0. The van der Waals surface area contributed by atoms with E-state index in [1.54, 1.807) is 30.6 Å². The zero-order valence-corrected chi connectivity index (χ0v) is 10.0. The van der Waals surface area contributed by atoms with Crippen molar-refractivity contribution in [3.8, 4) is 0 Å². The minimum absolute atomic E-state index is 0.132. The zero-order valence-electron chi connectivity index (χ0n) is 9.27. The van der Waals surface area contributed by atoms with Gasteiger partial charge in [-0.15, -0.1) is 0 Å². The lowest BCUT2D eigenvalue weighted by atomic mass is 10.2. The van der Waals surface area contributed by atoms with E-state index in [1.807, 2.05) is 11.9 Å². The average molecular weight is 252 g/mol. The topological polar surface area (TPSA) is 29.0 Å². The highest BCUT2D eigenvalue weighted by molar-refractivity contribution is 6.30. The molecule has 2 aromatic rings. The molecule has 0 aliphatic carbocycles. The highest BCUT2D eigenvalue weighted by Crippen LogP contribution is 2.17. The molecule has 0 spiro atoms. The molecule has 0 aliphatic heterocycles. The van der Waals surface area contributed by atoms with E-state index < -0.39 is 5.82 Å². The van der Waals surface area contributed by atoms with Gasteiger partial charge in [-0.1, -0.05) is 17.7 Å². The molecule has 0 aliphatic rings. The lowest BCUT2D eigenvalue weighted by Crippen LogP contribution is -2.18. The molecule has 5 heteroatoms. The van der Waals surface area contributed by atoms with E-state index in [-0.39, 0.29) is 5.02 Å². The van der Waals surface area contributed by atoms with Gasteiger partial charge in [0.25, 0.3) is 0 Å². The third-order valence-corrected chi connectivity index (χ3v) is 2.60. The van der Waals surface area contributed by atoms with Gasteiger partial charge in [-0.25, -0.2) is 14.4 Å². The van der Waals surface area contributed by atoms with Crippen molar-refractivity contribution >= 4 is 17.5 Å². The fourth-order valence-electron chi connectivity index (χ4n) is 1.47. The van der Waals surface area contributed by atoms with Crippen molar-refractivity contribution in [1.29, 1.82) is 0 Å². The summed E-state index contributed by atoms with van der Waals surface area (Å²) in [6.07, 6.45) is 3.34. The highest BCUT2D eigenvalue weighted by atomic mass is 35.5. The van der Waals surface area contributed by atoms with E-state index in [0.29, 0.717) is 12.5 Å². The lowest BCUT2D eigenvalue weighted by Gasteiger charge is -2.16. The number of benzene rings is 1. The van der Waals surface area contributed by atoms with Crippen LogP contribution in [-0.2, 0) is 6.54 Å². The van der Waals surface area contributed by atoms with Crippen LogP contribution in [0.5, 0.6) is 0 Å². The van der Waals surface area contributed by atoms with Crippen molar-refractivity contribution in [1.82, 2.24) is 9.97 Å². The molecule has 0 unspecified atom stereocenters. The van der Waals surface area contributed by atoms with Gasteiger partial charge in [-0.3, -0.25) is 0 Å². The summed E-state index contributed by atoms with van der Waals surface area (Å²) in [4.78, 5) is 10.1. The molecule has 0 radical (unpaired) electrons. The summed E-state index contributed by atoms with van der Waals surface area (Å²) in [6, 6.07) is 6.50. The Bertz CT molecular complexity index is 504. The molecule has 17 heavy (non-hydrogen) atoms. The molecule has 0 fully saturated rings. The van der Waals surface area contributed by atoms with E-state index >= 15 is 0 Å². The molecule has 0 amide bonds. The summed E-state index contributed by atoms with van der Waals surface area (Å²) in [7, 11) is 1.85. The van der Waals surface area contributed by atoms with Gasteiger partial charge in [0.1, 0.15) is 5.82 Å². The third-order valence-electron chi connectivity index (χ3n) is 2.30. The Morgan fingerprint density at radius 1 is 1.29 bits per heavy atom. The lowest BCUT2D eigenvalue weighted by molar-refractivity contribution is 0.625. The van der Waals surface area contributed by atoms with Crippen molar-refractivity contribution in [3.05, 3.63) is 53.1 Å². The minimum atomic E-state index is -0.411. The van der Waals surface area contributed by atoms with Gasteiger partial charge in [0.15, 0.2) is 0 Å². The van der Waals surface area contributed by atoms with Gasteiger partial charge >= 0.3 is 0 Å². The Hall–Kier alpha value is -1.68. The number of rotatable bonds is 3. The van der Waals surface area contributed by atoms with Crippen molar-refractivity contribution in [2.75, 3.05) is 11.9 Å². The second-order valence-electron chi connectivity index (χ2n) is 3.65. The maximum absolute atomic E-state index is 13.3. The van der Waals surface area contributed by atoms with Crippen LogP contribution in [0.4, 0.5) is 10.3 Å². The summed E-state index contributed by atoms with van der Waals surface area (Å²) in [5, 5.41) is 0.132. The molecule has 0 atom stereocenters. The van der Waals surface area contributed by atoms with Crippen LogP contribution in [0.15, 0.2) is 36.7 Å². The van der Waals surface area contributed by atoms with Gasteiger partial charge in [-0.05, 0) is 23.8 Å². The largest absolute Gasteiger partial charge is 0.340 e. The average Bonchev–Trinajstić information content (AvgIpc) is 2.35. The van der Waals surface area contributed by atoms with Crippen LogP contribution in [-0.4, -0.2) is 17.0 Å². The SMILES string of the molecule is CN(Cc1ccc(Cl)c(F)c1)c1ncccn1. The predicted molar refractivity (Wildman–Crippen MR) is 65.5 cm³/mol. The van der Waals surface area contributed by atoms with Gasteiger partial charge in [0.2, 0.25) is 5.95 Å². The third kappa shape index (κ3) is 2.91. The zero-order chi connectivity index (χ0) is 12.3. The Kier molecular flexibility index (Phi) is 3.54. The van der Waals surface area contributed by atoms with Crippen molar-refractivity contribution in [3.63, 3.8) is 0 Å². The second kappa shape index (κ2) is 5.10. The first-order valence-corrected chi connectivity index (χ1v) is 5.46. The number of nitrogens with zero attached hydrogens (tertiary/aromatic N) is 3. The molecule has 1 aromatic carbocycles. The molecule has 0 saturated carbocycles. The molecule has 3 nitrogen and oxygen atoms in total. The van der Waals surface area contributed by atoms with Gasteiger partial charge in [0, 0.05) is 26.0 Å². The van der Waals surface area contributed by atoms with Crippen LogP contribution in [0.1, 0.15) is 5.56 Å². The number of aromatic nitrogens is 2. The predicted octanol–water partition coefficient (Wildman–Crippen LogP) is 2.91.